The summed E-state index contributed by atoms with van der Waals surface area (Å²) < 4.78 is 25.7. The lowest BCUT2D eigenvalue weighted by Crippen LogP contribution is -2.43. The van der Waals surface area contributed by atoms with Crippen LogP contribution in [0, 0.1) is 0 Å². The van der Waals surface area contributed by atoms with Gasteiger partial charge in [0.15, 0.2) is 11.5 Å². The highest BCUT2D eigenvalue weighted by Crippen LogP contribution is 2.28. The zero-order chi connectivity index (χ0) is 17.5. The maximum Gasteiger partial charge on any atom is 0.161 e. The van der Waals surface area contributed by atoms with Gasteiger partial charge in [-0.1, -0.05) is 6.07 Å². The lowest BCUT2D eigenvalue weighted by Gasteiger charge is -2.26. The molecule has 0 bridgehead atoms. The molecule has 0 heterocycles. The highest BCUT2D eigenvalue weighted by atomic mass is 32.2. The molecular formula is C17H29NO4S. The highest BCUT2D eigenvalue weighted by molar-refractivity contribution is 7.90. The predicted molar refractivity (Wildman–Crippen MR) is 94.4 cm³/mol. The number of hydrogen-bond donors (Lipinski definition) is 2. The molecule has 5 nitrogen and oxygen atoms in total. The van der Waals surface area contributed by atoms with E-state index in [2.05, 4.69) is 4.72 Å². The number of ether oxygens (including phenoxy) is 2. The third-order valence-electron chi connectivity index (χ3n) is 3.31. The monoisotopic (exact) mass is 343 g/mol. The van der Waals surface area contributed by atoms with Crippen LogP contribution in [0.2, 0.25) is 0 Å². The topological polar surface area (TPSA) is 73.8 Å². The first-order chi connectivity index (χ1) is 10.8. The van der Waals surface area contributed by atoms with Gasteiger partial charge in [-0.05, 0) is 58.2 Å². The lowest BCUT2D eigenvalue weighted by atomic mass is 10.1. The Bertz CT molecular complexity index is 476. The average Bonchev–Trinajstić information content (AvgIpc) is 2.50. The molecule has 0 spiro atoms. The molecular weight excluding hydrogens is 314 g/mol. The number of rotatable bonds is 9. The average molecular weight is 343 g/mol. The van der Waals surface area contributed by atoms with Crippen LogP contribution in [0.15, 0.2) is 18.2 Å². The molecule has 23 heavy (non-hydrogen) atoms. The largest absolute Gasteiger partial charge is 0.598 e. The van der Waals surface area contributed by atoms with Gasteiger partial charge < -0.3 is 19.1 Å². The van der Waals surface area contributed by atoms with Crippen LogP contribution >= 0.6 is 0 Å². The van der Waals surface area contributed by atoms with Crippen LogP contribution in [0.25, 0.3) is 0 Å². The molecule has 1 aromatic carbocycles. The van der Waals surface area contributed by atoms with Gasteiger partial charge in [0, 0.05) is 11.4 Å². The molecule has 0 amide bonds. The third-order valence-corrected chi connectivity index (χ3v) is 5.04. The molecule has 2 N–H and O–H groups in total. The summed E-state index contributed by atoms with van der Waals surface area (Å²) in [7, 11) is 1.60. The normalized spacial score (nSPS) is 14.4. The molecule has 132 valence electrons. The summed E-state index contributed by atoms with van der Waals surface area (Å²) in [4.78, 5) is 0. The first-order valence-corrected chi connectivity index (χ1v) is 9.01. The first kappa shape index (κ1) is 20.1. The molecule has 1 unspecified atom stereocenters. The fourth-order valence-corrected chi connectivity index (χ4v) is 2.78. The van der Waals surface area contributed by atoms with Gasteiger partial charge in [0.1, 0.15) is 11.4 Å². The van der Waals surface area contributed by atoms with Gasteiger partial charge in [-0.3, -0.25) is 0 Å². The van der Waals surface area contributed by atoms with E-state index in [9.17, 15) is 4.55 Å². The lowest BCUT2D eigenvalue weighted by molar-refractivity contribution is 0.196. The predicted octanol–water partition coefficient (Wildman–Crippen LogP) is 2.44. The van der Waals surface area contributed by atoms with Crippen LogP contribution in [0.4, 0.5) is 0 Å². The Balaban J connectivity index is 2.57. The van der Waals surface area contributed by atoms with Gasteiger partial charge in [0.05, 0.1) is 19.8 Å². The van der Waals surface area contributed by atoms with Gasteiger partial charge in [-0.2, -0.15) is 0 Å². The molecule has 0 fully saturated rings. The Kier molecular flexibility index (Phi) is 8.19. The van der Waals surface area contributed by atoms with Crippen molar-refractivity contribution in [2.75, 3.05) is 20.3 Å². The van der Waals surface area contributed by atoms with E-state index >= 15 is 0 Å². The second-order valence-electron chi connectivity index (χ2n) is 6.50. The number of hydrogen-bond acceptors (Lipinski definition) is 5. The molecule has 1 rings (SSSR count). The fourth-order valence-electron chi connectivity index (χ4n) is 1.94. The third kappa shape index (κ3) is 6.99. The number of aryl methyl sites for hydroxylation is 1. The smallest absolute Gasteiger partial charge is 0.161 e. The van der Waals surface area contributed by atoms with Crippen molar-refractivity contribution in [3.8, 4) is 11.5 Å². The number of aliphatic hydroxyl groups excluding tert-OH is 1. The first-order valence-electron chi connectivity index (χ1n) is 7.86. The number of nitrogens with one attached hydrogen (secondary N) is 1. The summed E-state index contributed by atoms with van der Waals surface area (Å²) in [5.41, 5.74) is 1.13. The quantitative estimate of drug-likeness (QED) is 0.674. The van der Waals surface area contributed by atoms with E-state index in [4.69, 9.17) is 14.6 Å². The molecule has 0 aromatic heterocycles. The maximum absolute atomic E-state index is 12.1. The number of aliphatic hydroxyl groups is 1. The second-order valence-corrected chi connectivity index (χ2v) is 8.49. The van der Waals surface area contributed by atoms with Crippen LogP contribution in [0.5, 0.6) is 11.5 Å². The zero-order valence-corrected chi connectivity index (χ0v) is 15.5. The Morgan fingerprint density at radius 2 is 2.00 bits per heavy atom. The summed E-state index contributed by atoms with van der Waals surface area (Å²) in [6, 6.07) is 5.95. The second kappa shape index (κ2) is 9.37. The van der Waals surface area contributed by atoms with Crippen LogP contribution < -0.4 is 14.2 Å². The molecule has 0 aliphatic rings. The van der Waals surface area contributed by atoms with Crippen LogP contribution in [-0.2, 0) is 17.8 Å². The van der Waals surface area contributed by atoms with Crippen LogP contribution in [-0.4, -0.2) is 40.8 Å². The summed E-state index contributed by atoms with van der Waals surface area (Å²) in [5.74, 6) is 1.29. The fraction of sp³-hybridized carbons (Fsp3) is 0.647. The van der Waals surface area contributed by atoms with E-state index in [0.717, 1.165) is 18.4 Å². The van der Waals surface area contributed by atoms with Gasteiger partial charge in [0.2, 0.25) is 0 Å². The molecule has 0 radical (unpaired) electrons. The van der Waals surface area contributed by atoms with Crippen molar-refractivity contribution in [2.24, 2.45) is 0 Å². The van der Waals surface area contributed by atoms with Crippen molar-refractivity contribution < 1.29 is 19.1 Å². The summed E-state index contributed by atoms with van der Waals surface area (Å²) in [5, 5.41) is 8.82. The minimum atomic E-state index is -1.06. The molecule has 0 aliphatic carbocycles. The van der Waals surface area contributed by atoms with E-state index in [1.807, 2.05) is 45.9 Å². The Morgan fingerprint density at radius 1 is 1.30 bits per heavy atom. The molecule has 6 heteroatoms. The SMILES string of the molecule is COc1cc(CC[C@@H](C)N[S+]([O-])C(C)(C)C)ccc1OCCO. The van der Waals surface area contributed by atoms with E-state index in [-0.39, 0.29) is 24.0 Å². The van der Waals surface area contributed by atoms with Crippen molar-refractivity contribution in [3.63, 3.8) is 0 Å². The van der Waals surface area contributed by atoms with Crippen molar-refractivity contribution in [2.45, 2.75) is 51.3 Å². The molecule has 0 saturated heterocycles. The van der Waals surface area contributed by atoms with Crippen molar-refractivity contribution in [3.05, 3.63) is 23.8 Å². The van der Waals surface area contributed by atoms with E-state index in [0.29, 0.717) is 11.5 Å². The molecule has 1 aromatic rings. The number of methoxy groups -OCH3 is 1. The van der Waals surface area contributed by atoms with Gasteiger partial charge in [0.25, 0.3) is 0 Å². The van der Waals surface area contributed by atoms with Gasteiger partial charge in [-0.25, -0.2) is 0 Å². The summed E-state index contributed by atoms with van der Waals surface area (Å²) in [6.45, 7) is 8.13. The number of benzene rings is 1. The van der Waals surface area contributed by atoms with Crippen molar-refractivity contribution >= 4 is 11.4 Å². The Morgan fingerprint density at radius 3 is 2.57 bits per heavy atom. The Hall–Kier alpha value is -0.950. The van der Waals surface area contributed by atoms with E-state index in [1.165, 1.54) is 0 Å². The van der Waals surface area contributed by atoms with Gasteiger partial charge in [-0.15, -0.1) is 4.72 Å². The highest BCUT2D eigenvalue weighted by Gasteiger charge is 2.27. The maximum atomic E-state index is 12.1. The summed E-state index contributed by atoms with van der Waals surface area (Å²) in [6.07, 6.45) is 1.73. The van der Waals surface area contributed by atoms with Crippen molar-refractivity contribution in [1.82, 2.24) is 4.72 Å². The molecule has 2 atom stereocenters. The van der Waals surface area contributed by atoms with Crippen molar-refractivity contribution in [1.29, 1.82) is 0 Å². The Labute approximate surface area is 142 Å². The van der Waals surface area contributed by atoms with E-state index in [1.54, 1.807) is 7.11 Å². The van der Waals surface area contributed by atoms with Gasteiger partial charge >= 0.3 is 0 Å². The minimum absolute atomic E-state index is 0.0288. The van der Waals surface area contributed by atoms with Crippen LogP contribution in [0.1, 0.15) is 39.7 Å². The van der Waals surface area contributed by atoms with Crippen LogP contribution in [0.3, 0.4) is 0 Å². The minimum Gasteiger partial charge on any atom is -0.598 e. The standard InChI is InChI=1S/C17H29NO4S/c1-13(18-23(20)17(2,3)4)6-7-14-8-9-15(22-11-10-19)16(12-14)21-5/h8-9,12-13,18-19H,6-7,10-11H2,1-5H3/t13-,23?/m1/s1. The summed E-state index contributed by atoms with van der Waals surface area (Å²) >= 11 is -1.06. The zero-order valence-electron chi connectivity index (χ0n) is 14.7. The molecule has 0 aliphatic heterocycles. The van der Waals surface area contributed by atoms with E-state index < -0.39 is 11.4 Å². The molecule has 0 saturated carbocycles.